The van der Waals surface area contributed by atoms with E-state index in [1.54, 1.807) is 0 Å². The minimum absolute atomic E-state index is 0.155. The van der Waals surface area contributed by atoms with Crippen molar-refractivity contribution in [3.8, 4) is 0 Å². The Hall–Kier alpha value is -3.31. The Bertz CT molecular complexity index is 878. The number of benzene rings is 2. The smallest absolute Gasteiger partial charge is 0.356 e. The van der Waals surface area contributed by atoms with Crippen LogP contribution >= 0.6 is 0 Å². The molecule has 0 bridgehead atoms. The van der Waals surface area contributed by atoms with Crippen molar-refractivity contribution in [1.82, 2.24) is 0 Å². The summed E-state index contributed by atoms with van der Waals surface area (Å²) >= 11 is 0. The van der Waals surface area contributed by atoms with E-state index in [4.69, 9.17) is 0 Å². The summed E-state index contributed by atoms with van der Waals surface area (Å²) in [6, 6.07) is 3.22. The first kappa shape index (κ1) is 21.0. The topological polar surface area (TPSA) is 89.5 Å². The summed E-state index contributed by atoms with van der Waals surface area (Å²) in [7, 11) is 0. The van der Waals surface area contributed by atoms with E-state index >= 15 is 0 Å². The van der Waals surface area contributed by atoms with Gasteiger partial charge in [-0.05, 0) is 19.1 Å². The van der Waals surface area contributed by atoms with Crippen LogP contribution in [0.3, 0.4) is 0 Å². The zero-order valence-electron chi connectivity index (χ0n) is 14.2. The largest absolute Gasteiger partial charge is 0.416 e. The first-order valence-corrected chi connectivity index (χ1v) is 7.69. The van der Waals surface area contributed by atoms with Gasteiger partial charge in [0.25, 0.3) is 11.4 Å². The number of halogens is 5. The van der Waals surface area contributed by atoms with Gasteiger partial charge in [0, 0.05) is 30.8 Å². The van der Waals surface area contributed by atoms with Crippen LogP contribution in [0.1, 0.15) is 18.1 Å². The van der Waals surface area contributed by atoms with E-state index in [-0.39, 0.29) is 18.7 Å². The van der Waals surface area contributed by atoms with Crippen LogP contribution in [0, 0.1) is 31.9 Å². The predicted molar refractivity (Wildman–Crippen MR) is 87.8 cm³/mol. The molecule has 0 unspecified atom stereocenters. The molecule has 7 nitrogen and oxygen atoms in total. The molecule has 2 rings (SSSR count). The maximum Gasteiger partial charge on any atom is 0.416 e. The Morgan fingerprint density at radius 1 is 1.00 bits per heavy atom. The Balaban J connectivity index is 2.73. The molecule has 0 fully saturated rings. The van der Waals surface area contributed by atoms with Crippen LogP contribution in [0.5, 0.6) is 0 Å². The van der Waals surface area contributed by atoms with Gasteiger partial charge in [-0.15, -0.1) is 0 Å². The monoisotopic (exact) mass is 405 g/mol. The SMILES string of the molecule is CCN(Cc1c(F)cccc1F)c1c([N+](=O)[O-])cc(C(F)(F)F)cc1[N+](=O)[O-]. The Morgan fingerprint density at radius 3 is 1.82 bits per heavy atom. The summed E-state index contributed by atoms with van der Waals surface area (Å²) < 4.78 is 66.8. The molecule has 0 saturated heterocycles. The van der Waals surface area contributed by atoms with Crippen molar-refractivity contribution in [2.75, 3.05) is 11.4 Å². The van der Waals surface area contributed by atoms with Gasteiger partial charge in [-0.3, -0.25) is 20.2 Å². The van der Waals surface area contributed by atoms with Crippen molar-refractivity contribution in [2.24, 2.45) is 0 Å². The lowest BCUT2D eigenvalue weighted by Crippen LogP contribution is -2.25. The molecular weight excluding hydrogens is 393 g/mol. The third-order valence-electron chi connectivity index (χ3n) is 3.90. The van der Waals surface area contributed by atoms with Crippen LogP contribution in [0.15, 0.2) is 30.3 Å². The van der Waals surface area contributed by atoms with Crippen LogP contribution in [0.25, 0.3) is 0 Å². The zero-order chi connectivity index (χ0) is 21.2. The fourth-order valence-corrected chi connectivity index (χ4v) is 2.59. The second-order valence-electron chi connectivity index (χ2n) is 5.59. The van der Waals surface area contributed by atoms with Gasteiger partial charge in [-0.1, -0.05) is 6.07 Å². The molecule has 150 valence electrons. The van der Waals surface area contributed by atoms with Gasteiger partial charge in [-0.2, -0.15) is 13.2 Å². The fourth-order valence-electron chi connectivity index (χ4n) is 2.59. The van der Waals surface area contributed by atoms with E-state index in [0.29, 0.717) is 0 Å². The van der Waals surface area contributed by atoms with Crippen LogP contribution < -0.4 is 4.90 Å². The van der Waals surface area contributed by atoms with Gasteiger partial charge >= 0.3 is 6.18 Å². The van der Waals surface area contributed by atoms with Gasteiger partial charge in [0.15, 0.2) is 5.69 Å². The van der Waals surface area contributed by atoms with E-state index in [2.05, 4.69) is 0 Å². The molecule has 0 radical (unpaired) electrons. The Labute approximate surface area is 154 Å². The number of hydrogen-bond donors (Lipinski definition) is 0. The molecule has 0 aromatic heterocycles. The summed E-state index contributed by atoms with van der Waals surface area (Å²) in [6.07, 6.45) is -5.07. The maximum absolute atomic E-state index is 13.9. The predicted octanol–water partition coefficient (Wildman–Crippen LogP) is 4.83. The molecule has 2 aromatic carbocycles. The molecule has 0 aliphatic heterocycles. The molecule has 2 aromatic rings. The lowest BCUT2D eigenvalue weighted by Gasteiger charge is -2.23. The van der Waals surface area contributed by atoms with Gasteiger partial charge < -0.3 is 4.90 Å². The summed E-state index contributed by atoms with van der Waals surface area (Å²) in [5.74, 6) is -2.01. The molecule has 0 atom stereocenters. The number of rotatable bonds is 6. The third kappa shape index (κ3) is 4.15. The van der Waals surface area contributed by atoms with Crippen LogP contribution in [0.4, 0.5) is 39.0 Å². The number of anilines is 1. The highest BCUT2D eigenvalue weighted by Crippen LogP contribution is 2.43. The van der Waals surface area contributed by atoms with Crippen molar-refractivity contribution < 1.29 is 31.8 Å². The van der Waals surface area contributed by atoms with Crippen molar-refractivity contribution in [2.45, 2.75) is 19.6 Å². The van der Waals surface area contributed by atoms with E-state index in [1.165, 1.54) is 6.92 Å². The molecule has 0 N–H and O–H groups in total. The van der Waals surface area contributed by atoms with Crippen LogP contribution in [0.2, 0.25) is 0 Å². The van der Waals surface area contributed by atoms with Crippen LogP contribution in [-0.2, 0) is 12.7 Å². The highest BCUT2D eigenvalue weighted by Gasteiger charge is 2.39. The molecule has 0 amide bonds. The van der Waals surface area contributed by atoms with E-state index < -0.39 is 62.4 Å². The van der Waals surface area contributed by atoms with Crippen molar-refractivity contribution in [1.29, 1.82) is 0 Å². The highest BCUT2D eigenvalue weighted by atomic mass is 19.4. The van der Waals surface area contributed by atoms with Crippen LogP contribution in [-0.4, -0.2) is 16.4 Å². The summed E-state index contributed by atoms with van der Waals surface area (Å²) in [6.45, 7) is 0.507. The quantitative estimate of drug-likeness (QED) is 0.390. The number of nitrogens with zero attached hydrogens (tertiary/aromatic N) is 3. The molecule has 28 heavy (non-hydrogen) atoms. The summed E-state index contributed by atoms with van der Waals surface area (Å²) in [5, 5.41) is 22.6. The Morgan fingerprint density at radius 2 is 1.46 bits per heavy atom. The first-order chi connectivity index (χ1) is 13.0. The number of nitro benzene ring substituents is 2. The standard InChI is InChI=1S/C16H12F5N3O4/c1-2-22(8-10-11(17)4-3-5-12(10)18)15-13(23(25)26)6-9(16(19,20)21)7-14(15)24(27)28/h3-7H,2,8H2,1H3. The minimum Gasteiger partial charge on any atom is -0.356 e. The van der Waals surface area contributed by atoms with E-state index in [0.717, 1.165) is 23.1 Å². The van der Waals surface area contributed by atoms with Crippen molar-refractivity contribution in [3.05, 3.63) is 73.3 Å². The number of nitro groups is 2. The Kier molecular flexibility index (Phi) is 5.81. The average molecular weight is 405 g/mol. The fraction of sp³-hybridized carbons (Fsp3) is 0.250. The molecule has 0 saturated carbocycles. The van der Waals surface area contributed by atoms with Crippen molar-refractivity contribution >= 4 is 17.1 Å². The average Bonchev–Trinajstić information content (AvgIpc) is 2.59. The van der Waals surface area contributed by atoms with E-state index in [9.17, 15) is 42.2 Å². The lowest BCUT2D eigenvalue weighted by molar-refractivity contribution is -0.393. The number of hydrogen-bond acceptors (Lipinski definition) is 5. The summed E-state index contributed by atoms with van der Waals surface area (Å²) in [4.78, 5) is 21.1. The highest BCUT2D eigenvalue weighted by molar-refractivity contribution is 5.76. The lowest BCUT2D eigenvalue weighted by atomic mass is 10.1. The number of alkyl halides is 3. The minimum atomic E-state index is -5.07. The van der Waals surface area contributed by atoms with Gasteiger partial charge in [0.2, 0.25) is 0 Å². The molecule has 0 heterocycles. The van der Waals surface area contributed by atoms with Gasteiger partial charge in [0.1, 0.15) is 11.6 Å². The molecule has 0 aliphatic carbocycles. The second-order valence-corrected chi connectivity index (χ2v) is 5.59. The third-order valence-corrected chi connectivity index (χ3v) is 3.90. The first-order valence-electron chi connectivity index (χ1n) is 7.69. The summed E-state index contributed by atoms with van der Waals surface area (Å²) in [5.41, 5.74) is -5.27. The zero-order valence-corrected chi connectivity index (χ0v) is 14.2. The molecular formula is C16H12F5N3O4. The molecule has 12 heteroatoms. The van der Waals surface area contributed by atoms with Crippen molar-refractivity contribution in [3.63, 3.8) is 0 Å². The molecule has 0 aliphatic rings. The van der Waals surface area contributed by atoms with Gasteiger partial charge in [-0.25, -0.2) is 8.78 Å². The normalized spacial score (nSPS) is 11.4. The van der Waals surface area contributed by atoms with Gasteiger partial charge in [0.05, 0.1) is 15.4 Å². The second kappa shape index (κ2) is 7.74. The molecule has 0 spiro atoms. The maximum atomic E-state index is 13.9. The van der Waals surface area contributed by atoms with E-state index in [1.807, 2.05) is 0 Å².